The van der Waals surface area contributed by atoms with Gasteiger partial charge in [-0.25, -0.2) is 4.90 Å². The minimum atomic E-state index is -0.298. The first-order valence-corrected chi connectivity index (χ1v) is 17.3. The van der Waals surface area contributed by atoms with Gasteiger partial charge in [0, 0.05) is 32.9 Å². The summed E-state index contributed by atoms with van der Waals surface area (Å²) >= 11 is 0. The van der Waals surface area contributed by atoms with Crippen LogP contribution in [0.4, 0.5) is 0 Å². The molecule has 0 radical (unpaired) electrons. The number of hydrogen-bond acceptors (Lipinski definition) is 3. The van der Waals surface area contributed by atoms with E-state index in [1.54, 1.807) is 0 Å². The molecule has 2 aromatic heterocycles. The zero-order valence-electron chi connectivity index (χ0n) is 27.4. The topological polar surface area (TPSA) is 51.1 Å². The molecule has 1 saturated heterocycles. The highest BCUT2D eigenvalue weighted by Gasteiger charge is 2.43. The van der Waals surface area contributed by atoms with Gasteiger partial charge in [0.15, 0.2) is 0 Å². The second-order valence-corrected chi connectivity index (χ2v) is 13.2. The van der Waals surface area contributed by atoms with Crippen LogP contribution in [0, 0.1) is 0 Å². The maximum atomic E-state index is 7.12. The summed E-state index contributed by atoms with van der Waals surface area (Å²) in [5.41, 5.74) is 17.7. The summed E-state index contributed by atoms with van der Waals surface area (Å²) < 4.78 is 4.77. The zero-order chi connectivity index (χ0) is 33.2. The summed E-state index contributed by atoms with van der Waals surface area (Å²) in [6.45, 7) is 0. The Hall–Kier alpha value is -5.98. The molecule has 9 aromatic rings. The molecule has 0 bridgehead atoms. The Morgan fingerprint density at radius 1 is 0.420 bits per heavy atom. The van der Waals surface area contributed by atoms with Gasteiger partial charge in [-0.05, 0) is 65.2 Å². The normalized spacial score (nSPS) is 17.1. The van der Waals surface area contributed by atoms with Crippen LogP contribution in [0.3, 0.4) is 0 Å². The SMILES string of the molecule is NC(c1ccc(-n2c3ccccc3c3cc(-n4c5ccccc5c5ccccc54)ccc32)cc1)N1C(c2ccccc2)NC1c1ccccc1. The Morgan fingerprint density at radius 3 is 1.38 bits per heavy atom. The molecule has 7 aromatic carbocycles. The van der Waals surface area contributed by atoms with E-state index in [0.717, 1.165) is 16.9 Å². The quantitative estimate of drug-likeness (QED) is 0.189. The summed E-state index contributed by atoms with van der Waals surface area (Å²) in [6, 6.07) is 62.9. The number of para-hydroxylation sites is 3. The molecule has 0 spiro atoms. The van der Waals surface area contributed by atoms with Crippen molar-refractivity contribution in [1.82, 2.24) is 19.4 Å². The van der Waals surface area contributed by atoms with Gasteiger partial charge < -0.3 is 14.9 Å². The Balaban J connectivity index is 1.05. The van der Waals surface area contributed by atoms with Gasteiger partial charge in [0.1, 0.15) is 0 Å². The van der Waals surface area contributed by atoms with E-state index in [0.29, 0.717) is 0 Å². The maximum absolute atomic E-state index is 7.12. The van der Waals surface area contributed by atoms with Gasteiger partial charge in [-0.2, -0.15) is 0 Å². The van der Waals surface area contributed by atoms with Crippen LogP contribution in [0.2, 0.25) is 0 Å². The average Bonchev–Trinajstić information content (AvgIpc) is 3.68. The van der Waals surface area contributed by atoms with Crippen LogP contribution in [0.1, 0.15) is 35.2 Å². The van der Waals surface area contributed by atoms with Crippen LogP contribution in [-0.4, -0.2) is 14.0 Å². The molecule has 240 valence electrons. The third-order valence-electron chi connectivity index (χ3n) is 10.5. The smallest absolute Gasteiger partial charge is 0.0906 e. The molecule has 1 aliphatic heterocycles. The van der Waals surface area contributed by atoms with Crippen LogP contribution in [0.25, 0.3) is 55.0 Å². The van der Waals surface area contributed by atoms with Crippen LogP contribution < -0.4 is 11.1 Å². The summed E-state index contributed by atoms with van der Waals surface area (Å²) in [4.78, 5) is 2.37. The predicted octanol–water partition coefficient (Wildman–Crippen LogP) is 10.1. The van der Waals surface area contributed by atoms with E-state index in [1.807, 2.05) is 0 Å². The molecule has 0 saturated carbocycles. The van der Waals surface area contributed by atoms with Gasteiger partial charge in [-0.15, -0.1) is 0 Å². The summed E-state index contributed by atoms with van der Waals surface area (Å²) in [5.74, 6) is 0. The number of fused-ring (bicyclic) bond motifs is 6. The van der Waals surface area contributed by atoms with Gasteiger partial charge in [-0.1, -0.05) is 127 Å². The van der Waals surface area contributed by atoms with Crippen molar-refractivity contribution in [3.63, 3.8) is 0 Å². The van der Waals surface area contributed by atoms with E-state index < -0.39 is 0 Å². The Kier molecular flexibility index (Phi) is 6.71. The summed E-state index contributed by atoms with van der Waals surface area (Å²) in [7, 11) is 0. The molecule has 0 amide bonds. The standard InChI is InChI=1S/C45H35N5/c46-43(50-44(31-13-3-1-4-14-31)47-45(50)32-15-5-2-6-16-32)30-23-25-33(26-24-30)48-41-22-12-9-19-37(41)38-29-34(27-28-42(38)48)49-39-20-10-7-17-35(39)36-18-8-11-21-40(36)49/h1-29,43-45,47H,46H2. The fraction of sp³-hybridized carbons (Fsp3) is 0.0667. The predicted molar refractivity (Wildman–Crippen MR) is 205 cm³/mol. The highest BCUT2D eigenvalue weighted by Crippen LogP contribution is 2.43. The van der Waals surface area contributed by atoms with E-state index in [4.69, 9.17) is 5.73 Å². The van der Waals surface area contributed by atoms with Gasteiger partial charge in [0.25, 0.3) is 0 Å². The highest BCUT2D eigenvalue weighted by molar-refractivity contribution is 6.12. The molecular formula is C45H35N5. The van der Waals surface area contributed by atoms with Crippen molar-refractivity contribution in [1.29, 1.82) is 0 Å². The first-order valence-electron chi connectivity index (χ1n) is 17.3. The number of nitrogens with zero attached hydrogens (tertiary/aromatic N) is 3. The number of benzene rings is 7. The summed E-state index contributed by atoms with van der Waals surface area (Å²) in [6.07, 6.45) is -0.248. The lowest BCUT2D eigenvalue weighted by atomic mass is 9.98. The van der Waals surface area contributed by atoms with Crippen molar-refractivity contribution in [3.8, 4) is 11.4 Å². The molecule has 5 nitrogen and oxygen atoms in total. The third kappa shape index (κ3) is 4.45. The average molecular weight is 646 g/mol. The van der Waals surface area contributed by atoms with Crippen molar-refractivity contribution in [2.75, 3.05) is 0 Å². The van der Waals surface area contributed by atoms with Crippen molar-refractivity contribution in [3.05, 3.63) is 193 Å². The van der Waals surface area contributed by atoms with Crippen LogP contribution in [0.5, 0.6) is 0 Å². The molecule has 1 aliphatic rings. The Labute approximate surface area is 290 Å². The van der Waals surface area contributed by atoms with Crippen LogP contribution in [0.15, 0.2) is 176 Å². The first kappa shape index (κ1) is 29.0. The fourth-order valence-corrected chi connectivity index (χ4v) is 8.09. The third-order valence-corrected chi connectivity index (χ3v) is 10.5. The molecule has 10 rings (SSSR count). The molecule has 3 heterocycles. The Morgan fingerprint density at radius 2 is 0.840 bits per heavy atom. The van der Waals surface area contributed by atoms with E-state index in [-0.39, 0.29) is 18.5 Å². The minimum absolute atomic E-state index is 0.0251. The number of nitrogens with one attached hydrogen (secondary N) is 1. The highest BCUT2D eigenvalue weighted by atomic mass is 15.5. The van der Waals surface area contributed by atoms with Crippen molar-refractivity contribution in [2.45, 2.75) is 18.5 Å². The van der Waals surface area contributed by atoms with Gasteiger partial charge in [0.2, 0.25) is 0 Å². The lowest BCUT2D eigenvalue weighted by Crippen LogP contribution is -2.60. The lowest BCUT2D eigenvalue weighted by molar-refractivity contribution is -0.0687. The zero-order valence-corrected chi connectivity index (χ0v) is 27.4. The number of nitrogens with two attached hydrogens (primary N) is 1. The molecule has 3 atom stereocenters. The molecule has 50 heavy (non-hydrogen) atoms. The van der Waals surface area contributed by atoms with E-state index >= 15 is 0 Å². The summed E-state index contributed by atoms with van der Waals surface area (Å²) in [5, 5.41) is 8.75. The van der Waals surface area contributed by atoms with Crippen molar-refractivity contribution in [2.24, 2.45) is 5.73 Å². The minimum Gasteiger partial charge on any atom is -0.312 e. The second kappa shape index (κ2) is 11.6. The molecule has 5 heteroatoms. The number of aromatic nitrogens is 2. The largest absolute Gasteiger partial charge is 0.312 e. The van der Waals surface area contributed by atoms with Crippen molar-refractivity contribution < 1.29 is 0 Å². The monoisotopic (exact) mass is 645 g/mol. The van der Waals surface area contributed by atoms with E-state index in [9.17, 15) is 0 Å². The first-order chi connectivity index (χ1) is 24.7. The van der Waals surface area contributed by atoms with E-state index in [1.165, 1.54) is 54.7 Å². The Bertz CT molecular complexity index is 2560. The molecule has 1 fully saturated rings. The second-order valence-electron chi connectivity index (χ2n) is 13.2. The molecule has 0 aliphatic carbocycles. The molecule has 3 N–H and O–H groups in total. The van der Waals surface area contributed by atoms with Crippen LogP contribution in [-0.2, 0) is 0 Å². The number of hydrogen-bond donors (Lipinski definition) is 2. The fourth-order valence-electron chi connectivity index (χ4n) is 8.09. The lowest BCUT2D eigenvalue weighted by Gasteiger charge is -2.53. The van der Waals surface area contributed by atoms with Gasteiger partial charge in [0.05, 0.1) is 40.6 Å². The number of rotatable bonds is 6. The van der Waals surface area contributed by atoms with Crippen molar-refractivity contribution >= 4 is 43.6 Å². The molecule has 3 unspecified atom stereocenters. The maximum Gasteiger partial charge on any atom is 0.0906 e. The molecular weight excluding hydrogens is 611 g/mol. The van der Waals surface area contributed by atoms with E-state index in [2.05, 4.69) is 195 Å². The van der Waals surface area contributed by atoms with Gasteiger partial charge >= 0.3 is 0 Å². The van der Waals surface area contributed by atoms with Gasteiger partial charge in [-0.3, -0.25) is 5.32 Å². The van der Waals surface area contributed by atoms with Crippen LogP contribution >= 0.6 is 0 Å².